The van der Waals surface area contributed by atoms with Gasteiger partial charge in [0.1, 0.15) is 0 Å². The Kier molecular flexibility index (Phi) is 3.73. The molecule has 6 heteroatoms. The molecule has 0 bridgehead atoms. The lowest BCUT2D eigenvalue weighted by Crippen LogP contribution is -2.50. The van der Waals surface area contributed by atoms with Crippen molar-refractivity contribution in [3.63, 3.8) is 0 Å². The van der Waals surface area contributed by atoms with E-state index in [0.717, 1.165) is 28.1 Å². The fraction of sp³-hybridized carbons (Fsp3) is 0.300. The van der Waals surface area contributed by atoms with Crippen LogP contribution >= 0.6 is 0 Å². The minimum Gasteiger partial charge on any atom is -0.273 e. The molecule has 0 fully saturated rings. The van der Waals surface area contributed by atoms with Gasteiger partial charge in [-0.2, -0.15) is 10.0 Å². The lowest BCUT2D eigenvalue weighted by molar-refractivity contribution is -0.160. The molecule has 0 aromatic heterocycles. The van der Waals surface area contributed by atoms with E-state index in [1.807, 2.05) is 43.1 Å². The zero-order valence-corrected chi connectivity index (χ0v) is 15.6. The summed E-state index contributed by atoms with van der Waals surface area (Å²) in [5, 5.41) is 9.17. The van der Waals surface area contributed by atoms with Crippen LogP contribution in [0.2, 0.25) is 0 Å². The highest BCUT2D eigenvalue weighted by Crippen LogP contribution is 2.43. The topological polar surface area (TPSA) is 48.4 Å². The Morgan fingerprint density at radius 1 is 1.04 bits per heavy atom. The van der Waals surface area contributed by atoms with Crippen LogP contribution in [-0.2, 0) is 9.73 Å². The average Bonchev–Trinajstić information content (AvgIpc) is 3.12. The first-order valence-electron chi connectivity index (χ1n) is 8.76. The predicted molar refractivity (Wildman–Crippen MR) is 101 cm³/mol. The number of rotatable bonds is 2. The number of amidine groups is 1. The average molecular weight is 350 g/mol. The van der Waals surface area contributed by atoms with E-state index in [4.69, 9.17) is 4.94 Å². The molecule has 0 saturated heterocycles. The van der Waals surface area contributed by atoms with Gasteiger partial charge in [-0.1, -0.05) is 43.7 Å². The van der Waals surface area contributed by atoms with E-state index >= 15 is 0 Å². The summed E-state index contributed by atoms with van der Waals surface area (Å²) in [5.74, 6) is 0.471. The Labute approximate surface area is 153 Å². The largest absolute Gasteiger partial charge is 0.273 e. The molecule has 0 radical (unpaired) electrons. The van der Waals surface area contributed by atoms with Gasteiger partial charge in [0.2, 0.25) is 11.7 Å². The number of hydrogen-bond acceptors (Lipinski definition) is 5. The van der Waals surface area contributed by atoms with Gasteiger partial charge in [-0.3, -0.25) is 9.73 Å². The maximum Gasteiger partial charge on any atom is 0.248 e. The van der Waals surface area contributed by atoms with Crippen molar-refractivity contribution in [2.24, 2.45) is 11.1 Å². The van der Waals surface area contributed by atoms with Crippen LogP contribution in [0.25, 0.3) is 0 Å². The fourth-order valence-corrected chi connectivity index (χ4v) is 3.61. The molecule has 134 valence electrons. The first kappa shape index (κ1) is 16.6. The zero-order chi connectivity index (χ0) is 18.6. The van der Waals surface area contributed by atoms with Gasteiger partial charge >= 0.3 is 0 Å². The number of benzene rings is 2. The third-order valence-corrected chi connectivity index (χ3v) is 4.68. The number of aryl methyl sites for hydroxylation is 3. The second-order valence-corrected chi connectivity index (χ2v) is 7.13. The van der Waals surface area contributed by atoms with Crippen LogP contribution in [0.15, 0.2) is 41.6 Å². The molecule has 2 aromatic carbocycles. The van der Waals surface area contributed by atoms with Crippen LogP contribution in [0.3, 0.4) is 0 Å². The molecule has 0 aliphatic carbocycles. The number of oxime groups is 1. The van der Waals surface area contributed by atoms with Crippen LogP contribution in [-0.4, -0.2) is 17.0 Å². The second-order valence-electron chi connectivity index (χ2n) is 7.13. The van der Waals surface area contributed by atoms with Crippen LogP contribution in [0.5, 0.6) is 0 Å². The smallest absolute Gasteiger partial charge is 0.248 e. The molecule has 0 saturated carbocycles. The molecule has 2 aliphatic heterocycles. The number of carbonyl (C=O) groups excluding carboxylic acids is 1. The Morgan fingerprint density at radius 2 is 1.65 bits per heavy atom. The van der Waals surface area contributed by atoms with Crippen molar-refractivity contribution in [3.8, 4) is 0 Å². The Hall–Kier alpha value is -2.86. The van der Waals surface area contributed by atoms with E-state index in [-0.39, 0.29) is 11.8 Å². The number of anilines is 2. The Bertz CT molecular complexity index is 912. The fourth-order valence-electron chi connectivity index (χ4n) is 3.61. The highest BCUT2D eigenvalue weighted by atomic mass is 16.9. The third-order valence-electron chi connectivity index (χ3n) is 4.68. The van der Waals surface area contributed by atoms with Crippen LogP contribution < -0.4 is 10.0 Å². The number of hydrogen-bond donors (Lipinski definition) is 0. The van der Waals surface area contributed by atoms with Gasteiger partial charge in [0.05, 0.1) is 16.7 Å². The van der Waals surface area contributed by atoms with Gasteiger partial charge in [0.15, 0.2) is 0 Å². The Morgan fingerprint density at radius 3 is 2.27 bits per heavy atom. The van der Waals surface area contributed by atoms with Crippen molar-refractivity contribution in [1.82, 2.24) is 5.28 Å². The summed E-state index contributed by atoms with van der Waals surface area (Å²) in [7, 11) is 0. The highest BCUT2D eigenvalue weighted by Gasteiger charge is 2.47. The molecule has 2 heterocycles. The number of hydrazine groups is 2. The first-order chi connectivity index (χ1) is 12.4. The molecular formula is C20H22N4O2. The summed E-state index contributed by atoms with van der Waals surface area (Å²) in [4.78, 5) is 18.4. The Balaban J connectivity index is 1.84. The maximum absolute atomic E-state index is 12.8. The van der Waals surface area contributed by atoms with Gasteiger partial charge in [-0.15, -0.1) is 0 Å². The molecule has 1 amide bonds. The summed E-state index contributed by atoms with van der Waals surface area (Å²) >= 11 is 0. The highest BCUT2D eigenvalue weighted by molar-refractivity contribution is 6.15. The molecule has 4 rings (SSSR count). The van der Waals surface area contributed by atoms with Crippen molar-refractivity contribution in [3.05, 3.63) is 58.7 Å². The van der Waals surface area contributed by atoms with Crippen LogP contribution in [0.4, 0.5) is 11.4 Å². The van der Waals surface area contributed by atoms with Crippen molar-refractivity contribution < 1.29 is 9.73 Å². The van der Waals surface area contributed by atoms with Crippen LogP contribution in [0, 0.1) is 26.7 Å². The molecule has 0 atom stereocenters. The molecule has 26 heavy (non-hydrogen) atoms. The minimum absolute atomic E-state index is 0.0475. The molecule has 0 N–H and O–H groups in total. The lowest BCUT2D eigenvalue weighted by atomic mass is 9.98. The molecule has 6 nitrogen and oxygen atoms in total. The van der Waals surface area contributed by atoms with E-state index in [2.05, 4.69) is 38.1 Å². The molecule has 0 spiro atoms. The number of carbonyl (C=O) groups is 1. The van der Waals surface area contributed by atoms with Gasteiger partial charge in [-0.25, -0.2) is 0 Å². The minimum atomic E-state index is -0.168. The normalized spacial score (nSPS) is 15.8. The van der Waals surface area contributed by atoms with Crippen LogP contribution in [0.1, 0.15) is 36.1 Å². The number of fused-ring (bicyclic) bond motifs is 3. The number of para-hydroxylation sites is 2. The van der Waals surface area contributed by atoms with E-state index in [1.54, 1.807) is 5.01 Å². The monoisotopic (exact) mass is 350 g/mol. The summed E-state index contributed by atoms with van der Waals surface area (Å²) in [5.41, 5.74) is 6.14. The van der Waals surface area contributed by atoms with Gasteiger partial charge in [0.25, 0.3) is 0 Å². The SMILES string of the molecule is Cc1cc(C)c(C2=NON3N(C(=O)C(C)C)c4ccccc4N23)c(C)c1. The van der Waals surface area contributed by atoms with E-state index in [1.165, 1.54) is 10.8 Å². The molecular weight excluding hydrogens is 328 g/mol. The number of nitrogens with zero attached hydrogens (tertiary/aromatic N) is 4. The summed E-state index contributed by atoms with van der Waals surface area (Å²) < 4.78 is 0. The first-order valence-corrected chi connectivity index (χ1v) is 8.76. The van der Waals surface area contributed by atoms with Crippen molar-refractivity contribution in [2.75, 3.05) is 10.0 Å². The predicted octanol–water partition coefficient (Wildman–Crippen LogP) is 3.86. The second kappa shape index (κ2) is 5.85. The maximum atomic E-state index is 12.8. The molecule has 0 unspecified atom stereocenters. The lowest BCUT2D eigenvalue weighted by Gasteiger charge is -2.26. The quantitative estimate of drug-likeness (QED) is 0.825. The molecule has 2 aliphatic rings. The third kappa shape index (κ3) is 2.29. The van der Waals surface area contributed by atoms with Crippen molar-refractivity contribution >= 4 is 23.1 Å². The zero-order valence-electron chi connectivity index (χ0n) is 15.6. The summed E-state index contributed by atoms with van der Waals surface area (Å²) in [6, 6.07) is 12.0. The van der Waals surface area contributed by atoms with E-state index in [9.17, 15) is 4.79 Å². The van der Waals surface area contributed by atoms with Gasteiger partial charge in [-0.05, 0) is 49.2 Å². The van der Waals surface area contributed by atoms with E-state index in [0.29, 0.717) is 5.84 Å². The van der Waals surface area contributed by atoms with Gasteiger partial charge in [0, 0.05) is 11.5 Å². The van der Waals surface area contributed by atoms with Crippen molar-refractivity contribution in [1.29, 1.82) is 0 Å². The standard InChI is InChI=1S/C20H22N4O2/c1-12(2)20(25)23-17-9-7-6-8-16(17)22-19(21-26-24(22)23)18-14(4)10-13(3)11-15(18)5/h6-12H,1-5H3. The molecule has 2 aromatic rings. The van der Waals surface area contributed by atoms with Gasteiger partial charge < -0.3 is 0 Å². The number of amides is 1. The van der Waals surface area contributed by atoms with E-state index < -0.39 is 0 Å². The van der Waals surface area contributed by atoms with Crippen molar-refractivity contribution in [2.45, 2.75) is 34.6 Å². The summed E-state index contributed by atoms with van der Waals surface area (Å²) in [6.07, 6.45) is 0. The summed E-state index contributed by atoms with van der Waals surface area (Å²) in [6.45, 7) is 9.97.